The lowest BCUT2D eigenvalue weighted by Gasteiger charge is -2.23. The van der Waals surface area contributed by atoms with Gasteiger partial charge in [0.1, 0.15) is 0 Å². The number of anilines is 1. The van der Waals surface area contributed by atoms with Gasteiger partial charge in [0.25, 0.3) is 0 Å². The van der Waals surface area contributed by atoms with Crippen LogP contribution in [-0.2, 0) is 0 Å². The van der Waals surface area contributed by atoms with Crippen molar-refractivity contribution in [3.8, 4) is 0 Å². The Balaban J connectivity index is 2.70. The van der Waals surface area contributed by atoms with Gasteiger partial charge in [-0.2, -0.15) is 0 Å². The molecule has 1 rings (SSSR count). The van der Waals surface area contributed by atoms with E-state index in [1.54, 1.807) is 12.4 Å². The molecule has 94 valence electrons. The fourth-order valence-electron chi connectivity index (χ4n) is 1.46. The Labute approximate surface area is 102 Å². The number of aromatic nitrogens is 2. The Morgan fingerprint density at radius 3 is 2.29 bits per heavy atom. The lowest BCUT2D eigenvalue weighted by Crippen LogP contribution is -2.33. The largest absolute Gasteiger partial charge is 0.340 e. The second-order valence-electron chi connectivity index (χ2n) is 4.22. The van der Waals surface area contributed by atoms with Crippen molar-refractivity contribution < 1.29 is 4.79 Å². The van der Waals surface area contributed by atoms with Crippen LogP contribution < -0.4 is 4.90 Å². The van der Waals surface area contributed by atoms with Gasteiger partial charge in [-0.25, -0.2) is 9.97 Å². The number of nitrogens with zero attached hydrogens (tertiary/aromatic N) is 4. The maximum absolute atomic E-state index is 10.5. The van der Waals surface area contributed by atoms with Crippen LogP contribution in [0.4, 0.5) is 5.95 Å². The van der Waals surface area contributed by atoms with Crippen LogP contribution in [-0.4, -0.2) is 54.9 Å². The van der Waals surface area contributed by atoms with Gasteiger partial charge < -0.3 is 9.80 Å². The molecule has 0 amide bonds. The maximum atomic E-state index is 10.5. The van der Waals surface area contributed by atoms with E-state index in [0.717, 1.165) is 32.3 Å². The monoisotopic (exact) mass is 236 g/mol. The summed E-state index contributed by atoms with van der Waals surface area (Å²) >= 11 is 0. The van der Waals surface area contributed by atoms with Crippen molar-refractivity contribution in [1.29, 1.82) is 0 Å². The number of likely N-dealkylation sites (N-methyl/N-ethyl adjacent to an activating group) is 1. The summed E-state index contributed by atoms with van der Waals surface area (Å²) in [7, 11) is 4.08. The molecule has 0 atom stereocenters. The fourth-order valence-corrected chi connectivity index (χ4v) is 1.46. The van der Waals surface area contributed by atoms with Crippen LogP contribution in [0.2, 0.25) is 0 Å². The first-order valence-corrected chi connectivity index (χ1v) is 5.84. The molecule has 0 aromatic carbocycles. The van der Waals surface area contributed by atoms with Gasteiger partial charge in [-0.1, -0.05) is 6.92 Å². The molecule has 1 aromatic heterocycles. The van der Waals surface area contributed by atoms with E-state index in [1.807, 2.05) is 14.1 Å². The molecule has 17 heavy (non-hydrogen) atoms. The van der Waals surface area contributed by atoms with Gasteiger partial charge in [-0.15, -0.1) is 0 Å². The molecule has 5 heteroatoms. The lowest BCUT2D eigenvalue weighted by atomic mass is 10.4. The molecular formula is C12H20N4O. The molecule has 0 N–H and O–H groups in total. The number of hydrogen-bond acceptors (Lipinski definition) is 5. The maximum Gasteiger partial charge on any atom is 0.225 e. The van der Waals surface area contributed by atoms with Crippen LogP contribution in [0, 0.1) is 0 Å². The first-order chi connectivity index (χ1) is 8.17. The summed E-state index contributed by atoms with van der Waals surface area (Å²) in [5.74, 6) is 0.694. The third kappa shape index (κ3) is 4.48. The SMILES string of the molecule is CCCN(CCN(C)C)c1ncc(C=O)cn1. The van der Waals surface area contributed by atoms with E-state index in [-0.39, 0.29) is 0 Å². The minimum Gasteiger partial charge on any atom is -0.340 e. The van der Waals surface area contributed by atoms with E-state index in [1.165, 1.54) is 0 Å². The van der Waals surface area contributed by atoms with E-state index in [9.17, 15) is 4.79 Å². The normalized spacial score (nSPS) is 10.6. The minimum atomic E-state index is 0.512. The Morgan fingerprint density at radius 2 is 1.82 bits per heavy atom. The zero-order valence-electron chi connectivity index (χ0n) is 10.8. The molecule has 1 heterocycles. The van der Waals surface area contributed by atoms with Crippen LogP contribution in [0.25, 0.3) is 0 Å². The van der Waals surface area contributed by atoms with Crippen LogP contribution in [0.5, 0.6) is 0 Å². The average Bonchev–Trinajstić information content (AvgIpc) is 2.34. The van der Waals surface area contributed by atoms with Crippen molar-refractivity contribution >= 4 is 12.2 Å². The Kier molecular flexibility index (Phi) is 5.56. The predicted molar refractivity (Wildman–Crippen MR) is 68.5 cm³/mol. The summed E-state index contributed by atoms with van der Waals surface area (Å²) in [6.45, 7) is 4.90. The van der Waals surface area contributed by atoms with Crippen LogP contribution in [0.3, 0.4) is 0 Å². The Bertz CT molecular complexity index is 337. The molecule has 0 saturated carbocycles. The van der Waals surface area contributed by atoms with Crippen molar-refractivity contribution in [2.45, 2.75) is 13.3 Å². The lowest BCUT2D eigenvalue weighted by molar-refractivity contribution is 0.112. The molecular weight excluding hydrogens is 216 g/mol. The quantitative estimate of drug-likeness (QED) is 0.663. The van der Waals surface area contributed by atoms with Gasteiger partial charge in [0.15, 0.2) is 6.29 Å². The summed E-state index contributed by atoms with van der Waals surface area (Å²) in [4.78, 5) is 23.2. The smallest absolute Gasteiger partial charge is 0.225 e. The van der Waals surface area contributed by atoms with Gasteiger partial charge in [-0.3, -0.25) is 4.79 Å². The van der Waals surface area contributed by atoms with Gasteiger partial charge in [0, 0.05) is 32.0 Å². The summed E-state index contributed by atoms with van der Waals surface area (Å²) < 4.78 is 0. The molecule has 0 bridgehead atoms. The van der Waals surface area contributed by atoms with Crippen molar-refractivity contribution in [3.63, 3.8) is 0 Å². The number of aldehydes is 1. The Morgan fingerprint density at radius 1 is 1.18 bits per heavy atom. The van der Waals surface area contributed by atoms with Gasteiger partial charge in [0.2, 0.25) is 5.95 Å². The van der Waals surface area contributed by atoms with Crippen molar-refractivity contribution in [2.75, 3.05) is 38.6 Å². The highest BCUT2D eigenvalue weighted by Crippen LogP contribution is 2.07. The zero-order chi connectivity index (χ0) is 12.7. The molecule has 5 nitrogen and oxygen atoms in total. The zero-order valence-corrected chi connectivity index (χ0v) is 10.8. The first-order valence-electron chi connectivity index (χ1n) is 5.84. The average molecular weight is 236 g/mol. The molecule has 0 fully saturated rings. The molecule has 0 saturated heterocycles. The van der Waals surface area contributed by atoms with Gasteiger partial charge >= 0.3 is 0 Å². The summed E-state index contributed by atoms with van der Waals surface area (Å²) in [5, 5.41) is 0. The second-order valence-corrected chi connectivity index (χ2v) is 4.22. The Hall–Kier alpha value is -1.49. The van der Waals surface area contributed by atoms with Crippen molar-refractivity contribution in [3.05, 3.63) is 18.0 Å². The van der Waals surface area contributed by atoms with Crippen molar-refractivity contribution in [2.24, 2.45) is 0 Å². The van der Waals surface area contributed by atoms with Gasteiger partial charge in [0.05, 0.1) is 5.56 Å². The van der Waals surface area contributed by atoms with E-state index in [4.69, 9.17) is 0 Å². The standard InChI is InChI=1S/C12H20N4O/c1-4-5-16(7-6-15(2)3)12-13-8-11(10-17)9-14-12/h8-10H,4-7H2,1-3H3. The number of hydrogen-bond donors (Lipinski definition) is 0. The number of carbonyl (C=O) groups excluding carboxylic acids is 1. The third-order valence-corrected chi connectivity index (χ3v) is 2.39. The summed E-state index contributed by atoms with van der Waals surface area (Å²) in [6, 6.07) is 0. The molecule has 0 aliphatic rings. The highest BCUT2D eigenvalue weighted by Gasteiger charge is 2.08. The second kappa shape index (κ2) is 6.96. The van der Waals surface area contributed by atoms with E-state index in [0.29, 0.717) is 11.5 Å². The molecule has 0 unspecified atom stereocenters. The van der Waals surface area contributed by atoms with Crippen molar-refractivity contribution in [1.82, 2.24) is 14.9 Å². The number of rotatable bonds is 7. The summed E-state index contributed by atoms with van der Waals surface area (Å²) in [5.41, 5.74) is 0.512. The molecule has 0 radical (unpaired) electrons. The minimum absolute atomic E-state index is 0.512. The van der Waals surface area contributed by atoms with E-state index in [2.05, 4.69) is 26.7 Å². The van der Waals surface area contributed by atoms with Gasteiger partial charge in [-0.05, 0) is 20.5 Å². The molecule has 0 aliphatic heterocycles. The predicted octanol–water partition coefficient (Wildman–Crippen LogP) is 1.07. The topological polar surface area (TPSA) is 49.3 Å². The fraction of sp³-hybridized carbons (Fsp3) is 0.583. The highest BCUT2D eigenvalue weighted by molar-refractivity contribution is 5.73. The number of carbonyl (C=O) groups is 1. The third-order valence-electron chi connectivity index (χ3n) is 2.39. The van der Waals surface area contributed by atoms with Crippen LogP contribution in [0.15, 0.2) is 12.4 Å². The van der Waals surface area contributed by atoms with E-state index >= 15 is 0 Å². The highest BCUT2D eigenvalue weighted by atomic mass is 16.1. The molecule has 1 aromatic rings. The van der Waals surface area contributed by atoms with E-state index < -0.39 is 0 Å². The molecule has 0 spiro atoms. The first kappa shape index (κ1) is 13.6. The molecule has 0 aliphatic carbocycles. The van der Waals surface area contributed by atoms with Crippen LogP contribution in [0.1, 0.15) is 23.7 Å². The van der Waals surface area contributed by atoms with Crippen LogP contribution >= 0.6 is 0 Å². The summed E-state index contributed by atoms with van der Waals surface area (Å²) in [6.07, 6.45) is 4.93.